The zero-order valence-electron chi connectivity index (χ0n) is 12.1. The van der Waals surface area contributed by atoms with Crippen LogP contribution < -0.4 is 5.32 Å². The van der Waals surface area contributed by atoms with Crippen molar-refractivity contribution in [2.75, 3.05) is 19.0 Å². The van der Waals surface area contributed by atoms with Gasteiger partial charge in [0.15, 0.2) is 5.13 Å². The van der Waals surface area contributed by atoms with E-state index < -0.39 is 0 Å². The summed E-state index contributed by atoms with van der Waals surface area (Å²) in [5, 5.41) is 5.29. The van der Waals surface area contributed by atoms with Crippen molar-refractivity contribution in [2.45, 2.75) is 19.3 Å². The molecule has 6 heteroatoms. The fourth-order valence-electron chi connectivity index (χ4n) is 2.15. The second-order valence-corrected chi connectivity index (χ2v) is 6.76. The Kier molecular flexibility index (Phi) is 5.13. The normalized spacial score (nSPS) is 13.7. The first-order valence-electron chi connectivity index (χ1n) is 6.44. The maximum atomic E-state index is 11.1. The summed E-state index contributed by atoms with van der Waals surface area (Å²) in [6.45, 7) is 4.08. The second-order valence-electron chi connectivity index (χ2n) is 4.99. The molecule has 1 unspecified atom stereocenters. The number of hydrogen-bond acceptors (Lipinski definition) is 4. The lowest BCUT2D eigenvalue weighted by Crippen LogP contribution is -2.29. The SMILES string of the molecule is COCC(C)(c1ccc(Br)cc1)c1csc(NC(C)=O)n1. The predicted octanol–water partition coefficient (Wildman–Crippen LogP) is 3.82. The van der Waals surface area contributed by atoms with E-state index in [0.717, 1.165) is 15.7 Å². The van der Waals surface area contributed by atoms with E-state index in [1.165, 1.54) is 18.3 Å². The smallest absolute Gasteiger partial charge is 0.223 e. The summed E-state index contributed by atoms with van der Waals surface area (Å²) in [6, 6.07) is 8.12. The fourth-order valence-corrected chi connectivity index (χ4v) is 3.30. The number of ether oxygens (including phenoxy) is 1. The molecule has 1 N–H and O–H groups in total. The summed E-state index contributed by atoms with van der Waals surface area (Å²) in [6.07, 6.45) is 0. The Morgan fingerprint density at radius 1 is 1.43 bits per heavy atom. The molecular weight excluding hydrogens is 352 g/mol. The molecule has 1 aromatic carbocycles. The highest BCUT2D eigenvalue weighted by atomic mass is 79.9. The molecule has 0 fully saturated rings. The van der Waals surface area contributed by atoms with Gasteiger partial charge in [0.1, 0.15) is 0 Å². The number of carbonyl (C=O) groups is 1. The van der Waals surface area contributed by atoms with Crippen molar-refractivity contribution in [3.05, 3.63) is 45.4 Å². The number of nitrogens with zero attached hydrogens (tertiary/aromatic N) is 1. The van der Waals surface area contributed by atoms with Crippen molar-refractivity contribution in [1.29, 1.82) is 0 Å². The van der Waals surface area contributed by atoms with E-state index in [4.69, 9.17) is 4.74 Å². The van der Waals surface area contributed by atoms with Crippen molar-refractivity contribution < 1.29 is 9.53 Å². The lowest BCUT2D eigenvalue weighted by molar-refractivity contribution is -0.114. The molecule has 0 radical (unpaired) electrons. The van der Waals surface area contributed by atoms with Gasteiger partial charge in [0.05, 0.1) is 17.7 Å². The number of anilines is 1. The first-order valence-corrected chi connectivity index (χ1v) is 8.11. The number of hydrogen-bond donors (Lipinski definition) is 1. The van der Waals surface area contributed by atoms with Gasteiger partial charge in [-0.3, -0.25) is 4.79 Å². The third-order valence-electron chi connectivity index (χ3n) is 3.27. The Labute approximate surface area is 136 Å². The molecule has 0 spiro atoms. The molecule has 4 nitrogen and oxygen atoms in total. The van der Waals surface area contributed by atoms with E-state index in [0.29, 0.717) is 11.7 Å². The number of methoxy groups -OCH3 is 1. The van der Waals surface area contributed by atoms with E-state index in [2.05, 4.69) is 45.3 Å². The molecule has 112 valence electrons. The van der Waals surface area contributed by atoms with Crippen LogP contribution in [-0.4, -0.2) is 24.6 Å². The lowest BCUT2D eigenvalue weighted by atomic mass is 9.81. The molecule has 21 heavy (non-hydrogen) atoms. The molecule has 1 heterocycles. The highest BCUT2D eigenvalue weighted by Crippen LogP contribution is 2.34. The molecule has 1 aromatic heterocycles. The highest BCUT2D eigenvalue weighted by molar-refractivity contribution is 9.10. The fraction of sp³-hybridized carbons (Fsp3) is 0.333. The zero-order chi connectivity index (χ0) is 15.5. The maximum absolute atomic E-state index is 11.1. The Bertz CT molecular complexity index is 627. The first kappa shape index (κ1) is 16.1. The average Bonchev–Trinajstić information content (AvgIpc) is 2.88. The van der Waals surface area contributed by atoms with Crippen LogP contribution >= 0.6 is 27.3 Å². The summed E-state index contributed by atoms with van der Waals surface area (Å²) in [7, 11) is 1.68. The van der Waals surface area contributed by atoms with Crippen LogP contribution in [0.15, 0.2) is 34.1 Å². The zero-order valence-corrected chi connectivity index (χ0v) is 14.5. The van der Waals surface area contributed by atoms with Gasteiger partial charge in [-0.1, -0.05) is 28.1 Å². The number of thiazole rings is 1. The van der Waals surface area contributed by atoms with Crippen LogP contribution in [0.5, 0.6) is 0 Å². The third-order valence-corrected chi connectivity index (χ3v) is 4.55. The van der Waals surface area contributed by atoms with Crippen LogP contribution in [0.3, 0.4) is 0 Å². The van der Waals surface area contributed by atoms with Gasteiger partial charge in [-0.15, -0.1) is 11.3 Å². The molecule has 2 aromatic rings. The molecule has 0 saturated heterocycles. The average molecular weight is 369 g/mol. The molecule has 1 atom stereocenters. The van der Waals surface area contributed by atoms with Crippen LogP contribution in [0, 0.1) is 0 Å². The Hall–Kier alpha value is -1.24. The number of rotatable bonds is 5. The number of nitrogens with one attached hydrogen (secondary N) is 1. The number of aromatic nitrogens is 1. The standard InChI is InChI=1S/C15H17BrN2O2S/c1-10(19)17-14-18-13(8-21-14)15(2,9-20-3)11-4-6-12(16)7-5-11/h4-8H,9H2,1-3H3,(H,17,18,19). The highest BCUT2D eigenvalue weighted by Gasteiger charge is 2.31. The molecule has 0 aliphatic rings. The van der Waals surface area contributed by atoms with Crippen molar-refractivity contribution in [2.24, 2.45) is 0 Å². The topological polar surface area (TPSA) is 51.2 Å². The van der Waals surface area contributed by atoms with Gasteiger partial charge >= 0.3 is 0 Å². The lowest BCUT2D eigenvalue weighted by Gasteiger charge is -2.27. The summed E-state index contributed by atoms with van der Waals surface area (Å²) in [5.41, 5.74) is 1.65. The van der Waals surface area contributed by atoms with Gasteiger partial charge in [-0.2, -0.15) is 0 Å². The number of carbonyl (C=O) groups excluding carboxylic acids is 1. The van der Waals surface area contributed by atoms with Gasteiger partial charge in [0.25, 0.3) is 0 Å². The Morgan fingerprint density at radius 3 is 2.67 bits per heavy atom. The van der Waals surface area contributed by atoms with Crippen molar-refractivity contribution in [3.63, 3.8) is 0 Å². The van der Waals surface area contributed by atoms with Gasteiger partial charge < -0.3 is 10.1 Å². The molecule has 0 aliphatic heterocycles. The number of halogens is 1. The minimum atomic E-state index is -0.358. The van der Waals surface area contributed by atoms with Crippen molar-refractivity contribution >= 4 is 38.3 Å². The molecule has 1 amide bonds. The van der Waals surface area contributed by atoms with Crippen molar-refractivity contribution in [3.8, 4) is 0 Å². The molecular formula is C15H17BrN2O2S. The Balaban J connectivity index is 2.39. The van der Waals surface area contributed by atoms with E-state index >= 15 is 0 Å². The largest absolute Gasteiger partial charge is 0.383 e. The minimum absolute atomic E-state index is 0.118. The molecule has 2 rings (SSSR count). The van der Waals surface area contributed by atoms with E-state index in [1.54, 1.807) is 7.11 Å². The molecule has 0 aliphatic carbocycles. The summed E-state index contributed by atoms with van der Waals surface area (Å²) < 4.78 is 6.43. The van der Waals surface area contributed by atoms with E-state index in [-0.39, 0.29) is 11.3 Å². The third kappa shape index (κ3) is 3.70. The summed E-state index contributed by atoms with van der Waals surface area (Å²) in [4.78, 5) is 15.7. The maximum Gasteiger partial charge on any atom is 0.223 e. The quantitative estimate of drug-likeness (QED) is 0.872. The van der Waals surface area contributed by atoms with Crippen molar-refractivity contribution in [1.82, 2.24) is 4.98 Å². The minimum Gasteiger partial charge on any atom is -0.383 e. The van der Waals surface area contributed by atoms with Gasteiger partial charge in [0.2, 0.25) is 5.91 Å². The van der Waals surface area contributed by atoms with Gasteiger partial charge in [-0.05, 0) is 24.6 Å². The predicted molar refractivity (Wildman–Crippen MR) is 88.9 cm³/mol. The Morgan fingerprint density at radius 2 is 2.10 bits per heavy atom. The van der Waals surface area contributed by atoms with Crippen LogP contribution in [-0.2, 0) is 14.9 Å². The van der Waals surface area contributed by atoms with Gasteiger partial charge in [-0.25, -0.2) is 4.98 Å². The van der Waals surface area contributed by atoms with Crippen LogP contribution in [0.2, 0.25) is 0 Å². The second kappa shape index (κ2) is 6.68. The number of amides is 1. The molecule has 0 saturated carbocycles. The van der Waals surface area contributed by atoms with Gasteiger partial charge in [0, 0.05) is 23.9 Å². The van der Waals surface area contributed by atoms with E-state index in [1.807, 2.05) is 17.5 Å². The summed E-state index contributed by atoms with van der Waals surface area (Å²) >= 11 is 4.87. The number of benzene rings is 1. The van der Waals surface area contributed by atoms with Crippen LogP contribution in [0.4, 0.5) is 5.13 Å². The van der Waals surface area contributed by atoms with E-state index in [9.17, 15) is 4.79 Å². The van der Waals surface area contributed by atoms with Crippen LogP contribution in [0.1, 0.15) is 25.1 Å². The first-order chi connectivity index (χ1) is 9.95. The monoisotopic (exact) mass is 368 g/mol. The van der Waals surface area contributed by atoms with Crippen LogP contribution in [0.25, 0.3) is 0 Å². The summed E-state index contributed by atoms with van der Waals surface area (Å²) in [5.74, 6) is -0.118. The molecule has 0 bridgehead atoms.